The minimum Gasteiger partial charge on any atom is -0.481 e. The van der Waals surface area contributed by atoms with Crippen molar-refractivity contribution in [3.05, 3.63) is 22.2 Å². The molecule has 0 aliphatic carbocycles. The lowest BCUT2D eigenvalue weighted by Gasteiger charge is -2.12. The van der Waals surface area contributed by atoms with Crippen molar-refractivity contribution in [2.24, 2.45) is 5.73 Å². The molecule has 1 unspecified atom stereocenters. The summed E-state index contributed by atoms with van der Waals surface area (Å²) in [6.07, 6.45) is 0. The zero-order chi connectivity index (χ0) is 11.7. The Balaban J connectivity index is 2.50. The van der Waals surface area contributed by atoms with E-state index >= 15 is 0 Å². The molecule has 0 saturated heterocycles. The molecule has 0 radical (unpaired) electrons. The maximum atomic E-state index is 11.0. The number of benzene rings is 1. The summed E-state index contributed by atoms with van der Waals surface area (Å²) in [4.78, 5) is 11.0. The molecule has 2 rings (SSSR count). The maximum absolute atomic E-state index is 11.0. The molecule has 16 heavy (non-hydrogen) atoms. The average molecular weight is 288 g/mol. The quantitative estimate of drug-likeness (QED) is 0.876. The van der Waals surface area contributed by atoms with E-state index < -0.39 is 11.9 Å². The molecule has 0 saturated carbocycles. The molecule has 1 aromatic carbocycles. The largest absolute Gasteiger partial charge is 0.481 e. The molecule has 0 bridgehead atoms. The first-order valence-corrected chi connectivity index (χ1v) is 5.45. The highest BCUT2D eigenvalue weighted by molar-refractivity contribution is 9.10. The van der Waals surface area contributed by atoms with E-state index in [1.807, 2.05) is 0 Å². The average Bonchev–Trinajstić information content (AvgIpc) is 2.71. The van der Waals surface area contributed by atoms with Crippen molar-refractivity contribution in [2.45, 2.75) is 5.92 Å². The number of hydrogen-bond acceptors (Lipinski definition) is 4. The fourth-order valence-electron chi connectivity index (χ4n) is 1.62. The minimum atomic E-state index is -0.970. The molecule has 86 valence electrons. The molecule has 5 nitrogen and oxygen atoms in total. The molecule has 3 N–H and O–H groups in total. The first kappa shape index (κ1) is 11.2. The van der Waals surface area contributed by atoms with E-state index in [0.29, 0.717) is 17.1 Å². The molecule has 1 aromatic rings. The predicted octanol–water partition coefficient (Wildman–Crippen LogP) is 1.30. The molecule has 1 atom stereocenters. The van der Waals surface area contributed by atoms with Crippen LogP contribution in [0.3, 0.4) is 0 Å². The number of halogens is 1. The van der Waals surface area contributed by atoms with Crippen molar-refractivity contribution in [3.8, 4) is 11.5 Å². The number of carbonyl (C=O) groups is 1. The van der Waals surface area contributed by atoms with Crippen LogP contribution in [0.5, 0.6) is 11.5 Å². The Bertz CT molecular complexity index is 435. The molecule has 1 aliphatic heterocycles. The van der Waals surface area contributed by atoms with Gasteiger partial charge in [0.15, 0.2) is 11.5 Å². The van der Waals surface area contributed by atoms with E-state index in [2.05, 4.69) is 15.9 Å². The maximum Gasteiger partial charge on any atom is 0.312 e. The van der Waals surface area contributed by atoms with Gasteiger partial charge in [-0.1, -0.05) is 6.07 Å². The van der Waals surface area contributed by atoms with Gasteiger partial charge < -0.3 is 20.3 Å². The monoisotopic (exact) mass is 287 g/mol. The van der Waals surface area contributed by atoms with Crippen LogP contribution < -0.4 is 15.2 Å². The number of carboxylic acid groups (broad SMARTS) is 1. The minimum absolute atomic E-state index is 0.0206. The van der Waals surface area contributed by atoms with Crippen molar-refractivity contribution in [1.82, 2.24) is 0 Å². The van der Waals surface area contributed by atoms with Gasteiger partial charge in [-0.3, -0.25) is 4.79 Å². The number of nitrogens with two attached hydrogens (primary N) is 1. The van der Waals surface area contributed by atoms with Gasteiger partial charge in [-0.2, -0.15) is 0 Å². The first-order chi connectivity index (χ1) is 7.65. The number of ether oxygens (including phenoxy) is 2. The van der Waals surface area contributed by atoms with E-state index in [-0.39, 0.29) is 13.3 Å². The summed E-state index contributed by atoms with van der Waals surface area (Å²) in [6, 6.07) is 3.41. The third-order valence-corrected chi connectivity index (χ3v) is 3.03. The van der Waals surface area contributed by atoms with E-state index in [0.717, 1.165) is 4.47 Å². The highest BCUT2D eigenvalue weighted by Crippen LogP contribution is 2.44. The Labute approximate surface area is 100 Å². The molecule has 1 heterocycles. The number of aliphatic carboxylic acids is 1. The SMILES string of the molecule is NCC(C(=O)O)c1ccc(Br)c2c1OCO2. The molecule has 0 fully saturated rings. The van der Waals surface area contributed by atoms with Crippen LogP contribution in [0.25, 0.3) is 0 Å². The van der Waals surface area contributed by atoms with E-state index in [1.54, 1.807) is 12.1 Å². The van der Waals surface area contributed by atoms with Crippen molar-refractivity contribution >= 4 is 21.9 Å². The van der Waals surface area contributed by atoms with Crippen LogP contribution in [0, 0.1) is 0 Å². The van der Waals surface area contributed by atoms with Gasteiger partial charge in [-0.05, 0) is 22.0 Å². The molecule has 0 amide bonds. The van der Waals surface area contributed by atoms with Crippen LogP contribution in [-0.2, 0) is 4.79 Å². The normalized spacial score (nSPS) is 14.9. The predicted molar refractivity (Wildman–Crippen MR) is 59.7 cm³/mol. The lowest BCUT2D eigenvalue weighted by atomic mass is 9.98. The van der Waals surface area contributed by atoms with E-state index in [1.165, 1.54) is 0 Å². The Morgan fingerprint density at radius 1 is 1.50 bits per heavy atom. The molecule has 0 aromatic heterocycles. The fraction of sp³-hybridized carbons (Fsp3) is 0.300. The second-order valence-electron chi connectivity index (χ2n) is 3.33. The third kappa shape index (κ3) is 1.74. The van der Waals surface area contributed by atoms with Gasteiger partial charge in [0.2, 0.25) is 6.79 Å². The second-order valence-corrected chi connectivity index (χ2v) is 4.18. The topological polar surface area (TPSA) is 81.8 Å². The van der Waals surface area contributed by atoms with Crippen molar-refractivity contribution in [3.63, 3.8) is 0 Å². The van der Waals surface area contributed by atoms with Gasteiger partial charge in [-0.25, -0.2) is 0 Å². The van der Waals surface area contributed by atoms with Gasteiger partial charge in [0, 0.05) is 12.1 Å². The first-order valence-electron chi connectivity index (χ1n) is 4.66. The van der Waals surface area contributed by atoms with Gasteiger partial charge in [-0.15, -0.1) is 0 Å². The van der Waals surface area contributed by atoms with E-state index in [4.69, 9.17) is 20.3 Å². The van der Waals surface area contributed by atoms with Crippen molar-refractivity contribution < 1.29 is 19.4 Å². The Kier molecular flexibility index (Phi) is 3.02. The van der Waals surface area contributed by atoms with Crippen LogP contribution in [0.4, 0.5) is 0 Å². The van der Waals surface area contributed by atoms with Gasteiger partial charge in [0.25, 0.3) is 0 Å². The summed E-state index contributed by atoms with van der Waals surface area (Å²) in [5.74, 6) is -0.740. The van der Waals surface area contributed by atoms with Gasteiger partial charge in [0.05, 0.1) is 10.4 Å². The summed E-state index contributed by atoms with van der Waals surface area (Å²) in [5, 5.41) is 9.04. The van der Waals surface area contributed by atoms with Gasteiger partial charge in [0.1, 0.15) is 0 Å². The molecular formula is C10H10BrNO4. The summed E-state index contributed by atoms with van der Waals surface area (Å²) >= 11 is 3.31. The highest BCUT2D eigenvalue weighted by Gasteiger charge is 2.28. The lowest BCUT2D eigenvalue weighted by molar-refractivity contribution is -0.138. The molecule has 0 spiro atoms. The Morgan fingerprint density at radius 3 is 2.81 bits per heavy atom. The summed E-state index contributed by atoms with van der Waals surface area (Å²) in [6.45, 7) is 0.120. The van der Waals surface area contributed by atoms with Crippen LogP contribution in [0.1, 0.15) is 11.5 Å². The molecule has 1 aliphatic rings. The smallest absolute Gasteiger partial charge is 0.312 e. The number of carboxylic acids is 1. The Morgan fingerprint density at radius 2 is 2.19 bits per heavy atom. The standard InChI is InChI=1S/C10H10BrNO4/c11-7-2-1-5(6(3-12)10(13)14)8-9(7)16-4-15-8/h1-2,6H,3-4,12H2,(H,13,14). The summed E-state index contributed by atoms with van der Waals surface area (Å²) < 4.78 is 11.3. The van der Waals surface area contributed by atoms with Crippen LogP contribution in [-0.4, -0.2) is 24.4 Å². The number of rotatable bonds is 3. The Hall–Kier alpha value is -1.27. The zero-order valence-electron chi connectivity index (χ0n) is 8.27. The fourth-order valence-corrected chi connectivity index (χ4v) is 2.05. The van der Waals surface area contributed by atoms with Crippen molar-refractivity contribution in [2.75, 3.05) is 13.3 Å². The highest BCUT2D eigenvalue weighted by atomic mass is 79.9. The zero-order valence-corrected chi connectivity index (χ0v) is 9.86. The summed E-state index contributed by atoms with van der Waals surface area (Å²) in [7, 11) is 0. The van der Waals surface area contributed by atoms with Crippen LogP contribution >= 0.6 is 15.9 Å². The third-order valence-electron chi connectivity index (χ3n) is 2.41. The molecular weight excluding hydrogens is 278 g/mol. The number of hydrogen-bond donors (Lipinski definition) is 2. The summed E-state index contributed by atoms with van der Waals surface area (Å²) in [5.41, 5.74) is 6.00. The van der Waals surface area contributed by atoms with Gasteiger partial charge >= 0.3 is 5.97 Å². The van der Waals surface area contributed by atoms with E-state index in [9.17, 15) is 4.79 Å². The lowest BCUT2D eigenvalue weighted by Crippen LogP contribution is -2.21. The second kappa shape index (κ2) is 4.31. The molecule has 6 heteroatoms. The van der Waals surface area contributed by atoms with Crippen LogP contribution in [0.15, 0.2) is 16.6 Å². The number of fused-ring (bicyclic) bond motifs is 1. The van der Waals surface area contributed by atoms with Crippen molar-refractivity contribution in [1.29, 1.82) is 0 Å². The van der Waals surface area contributed by atoms with Crippen LogP contribution in [0.2, 0.25) is 0 Å².